The third-order valence-electron chi connectivity index (χ3n) is 6.45. The van der Waals surface area contributed by atoms with Gasteiger partial charge in [-0.15, -0.1) is 0 Å². The molecule has 2 aromatic carbocycles. The van der Waals surface area contributed by atoms with Crippen molar-refractivity contribution >= 4 is 5.91 Å². The van der Waals surface area contributed by atoms with Crippen molar-refractivity contribution in [1.82, 2.24) is 15.1 Å². The van der Waals surface area contributed by atoms with Crippen LogP contribution < -0.4 is 4.74 Å². The number of ether oxygens (including phenoxy) is 1. The minimum Gasteiger partial charge on any atom is -0.504 e. The number of aromatic amines is 1. The Hall–Kier alpha value is -3.28. The van der Waals surface area contributed by atoms with Crippen molar-refractivity contribution < 1.29 is 14.6 Å². The number of nitrogens with one attached hydrogen (secondary N) is 1. The summed E-state index contributed by atoms with van der Waals surface area (Å²) in [5.41, 5.74) is 5.37. The highest BCUT2D eigenvalue weighted by atomic mass is 16.5. The van der Waals surface area contributed by atoms with Gasteiger partial charge < -0.3 is 14.7 Å². The molecule has 1 unspecified atom stereocenters. The van der Waals surface area contributed by atoms with Crippen LogP contribution in [-0.4, -0.2) is 38.8 Å². The molecule has 31 heavy (non-hydrogen) atoms. The van der Waals surface area contributed by atoms with Gasteiger partial charge in [-0.3, -0.25) is 9.89 Å². The number of aromatic hydroxyl groups is 1. The lowest BCUT2D eigenvalue weighted by molar-refractivity contribution is 0.0660. The molecule has 1 fully saturated rings. The Bertz CT molecular complexity index is 1110. The zero-order chi connectivity index (χ0) is 21.5. The maximum absolute atomic E-state index is 13.5. The number of hydrogen-bond donors (Lipinski definition) is 2. The zero-order valence-electron chi connectivity index (χ0n) is 17.9. The molecular formula is C25H27N3O3. The number of carbonyl (C=O) groups excluding carboxylic acids is 1. The molecule has 160 valence electrons. The maximum Gasteiger partial charge on any atom is 0.273 e. The predicted molar refractivity (Wildman–Crippen MR) is 118 cm³/mol. The highest BCUT2D eigenvalue weighted by Gasteiger charge is 2.45. The van der Waals surface area contributed by atoms with Crippen molar-refractivity contribution in [3.05, 3.63) is 64.8 Å². The summed E-state index contributed by atoms with van der Waals surface area (Å²) < 4.78 is 5.65. The van der Waals surface area contributed by atoms with Crippen molar-refractivity contribution in [3.8, 4) is 22.8 Å². The first-order valence-electron chi connectivity index (χ1n) is 11.0. The number of aryl methyl sites for hydroxylation is 1. The van der Waals surface area contributed by atoms with Gasteiger partial charge >= 0.3 is 0 Å². The van der Waals surface area contributed by atoms with Crippen LogP contribution in [-0.2, 0) is 0 Å². The molecule has 2 N–H and O–H groups in total. The lowest BCUT2D eigenvalue weighted by Gasteiger charge is -2.32. The van der Waals surface area contributed by atoms with Crippen LogP contribution in [0.2, 0.25) is 0 Å². The smallest absolute Gasteiger partial charge is 0.273 e. The number of phenols is 1. The van der Waals surface area contributed by atoms with Gasteiger partial charge in [0.1, 0.15) is 5.69 Å². The molecule has 6 nitrogen and oxygen atoms in total. The number of benzene rings is 2. The van der Waals surface area contributed by atoms with Gasteiger partial charge in [-0.05, 0) is 44.4 Å². The number of aromatic nitrogens is 2. The van der Waals surface area contributed by atoms with Gasteiger partial charge in [-0.2, -0.15) is 5.10 Å². The van der Waals surface area contributed by atoms with Crippen LogP contribution in [0.3, 0.4) is 0 Å². The van der Waals surface area contributed by atoms with Gasteiger partial charge in [0.15, 0.2) is 11.5 Å². The number of phenolic OH excluding ortho intramolecular Hbond substituents is 1. The molecule has 3 aromatic rings. The number of carbonyl (C=O) groups is 1. The first-order valence-corrected chi connectivity index (χ1v) is 11.0. The van der Waals surface area contributed by atoms with Gasteiger partial charge in [-0.25, -0.2) is 0 Å². The molecule has 0 radical (unpaired) electrons. The van der Waals surface area contributed by atoms with Gasteiger partial charge in [0.25, 0.3) is 5.91 Å². The Balaban J connectivity index is 1.67. The van der Waals surface area contributed by atoms with Crippen LogP contribution in [0.15, 0.2) is 42.5 Å². The van der Waals surface area contributed by atoms with E-state index in [1.54, 1.807) is 6.07 Å². The molecule has 1 saturated carbocycles. The fourth-order valence-electron chi connectivity index (χ4n) is 4.96. The summed E-state index contributed by atoms with van der Waals surface area (Å²) in [6.07, 6.45) is 4.29. The van der Waals surface area contributed by atoms with E-state index in [9.17, 15) is 9.90 Å². The van der Waals surface area contributed by atoms with E-state index in [1.165, 1.54) is 5.56 Å². The van der Waals surface area contributed by atoms with E-state index in [2.05, 4.69) is 29.3 Å². The molecular weight excluding hydrogens is 390 g/mol. The van der Waals surface area contributed by atoms with Crippen LogP contribution in [0.5, 0.6) is 11.5 Å². The summed E-state index contributed by atoms with van der Waals surface area (Å²) in [4.78, 5) is 15.5. The van der Waals surface area contributed by atoms with Crippen LogP contribution in [0.25, 0.3) is 11.3 Å². The summed E-state index contributed by atoms with van der Waals surface area (Å²) in [5, 5.41) is 17.8. The lowest BCUT2D eigenvalue weighted by atomic mass is 9.94. The molecule has 5 rings (SSSR count). The molecule has 0 bridgehead atoms. The Morgan fingerprint density at radius 2 is 1.90 bits per heavy atom. The van der Waals surface area contributed by atoms with Crippen LogP contribution in [0.1, 0.15) is 65.8 Å². The van der Waals surface area contributed by atoms with E-state index < -0.39 is 0 Å². The first-order chi connectivity index (χ1) is 15.1. The van der Waals surface area contributed by atoms with Gasteiger partial charge in [0.05, 0.1) is 18.3 Å². The SMILES string of the molecule is CCOc1cc(C2c3c(-c4ccc(C)cc4)n[nH]c3C(=O)N2C2CCCC2)ccc1O. The number of nitrogens with zero attached hydrogens (tertiary/aromatic N) is 2. The Kier molecular flexibility index (Phi) is 4.93. The first kappa shape index (κ1) is 19.7. The van der Waals surface area contributed by atoms with Gasteiger partial charge in [0, 0.05) is 17.2 Å². The van der Waals surface area contributed by atoms with Crippen molar-refractivity contribution in [2.45, 2.75) is 51.6 Å². The monoisotopic (exact) mass is 417 g/mol. The van der Waals surface area contributed by atoms with E-state index in [4.69, 9.17) is 4.74 Å². The molecule has 6 heteroatoms. The zero-order valence-corrected chi connectivity index (χ0v) is 17.9. The number of hydrogen-bond acceptors (Lipinski definition) is 4. The van der Waals surface area contributed by atoms with E-state index in [1.807, 2.05) is 36.1 Å². The summed E-state index contributed by atoms with van der Waals surface area (Å²) in [6.45, 7) is 4.40. The van der Waals surface area contributed by atoms with Crippen LogP contribution in [0.4, 0.5) is 0 Å². The maximum atomic E-state index is 13.5. The van der Waals surface area contributed by atoms with Crippen LogP contribution >= 0.6 is 0 Å². The fourth-order valence-corrected chi connectivity index (χ4v) is 4.96. The molecule has 0 saturated heterocycles. The number of amides is 1. The minimum absolute atomic E-state index is 0.00352. The molecule has 1 aliphatic heterocycles. The lowest BCUT2D eigenvalue weighted by Crippen LogP contribution is -2.37. The third-order valence-corrected chi connectivity index (χ3v) is 6.45. The number of H-pyrrole nitrogens is 1. The number of rotatable bonds is 5. The van der Waals surface area contributed by atoms with Crippen molar-refractivity contribution in [2.75, 3.05) is 6.61 Å². The van der Waals surface area contributed by atoms with Gasteiger partial charge in [0.2, 0.25) is 0 Å². The quantitative estimate of drug-likeness (QED) is 0.614. The standard InChI is InChI=1S/C25H27N3O3/c1-3-31-20-14-17(12-13-19(20)29)24-21-22(16-10-8-15(2)9-11-16)26-27-23(21)25(30)28(24)18-6-4-5-7-18/h8-14,18,24,29H,3-7H2,1-2H3,(H,26,27). The highest BCUT2D eigenvalue weighted by molar-refractivity contribution is 6.00. The largest absolute Gasteiger partial charge is 0.504 e. The van der Waals surface area contributed by atoms with Crippen LogP contribution in [0, 0.1) is 6.92 Å². The summed E-state index contributed by atoms with van der Waals surface area (Å²) >= 11 is 0. The normalized spacial score (nSPS) is 18.6. The second kappa shape index (κ2) is 7.76. The average Bonchev–Trinajstić information content (AvgIpc) is 3.48. The highest BCUT2D eigenvalue weighted by Crippen LogP contribution is 2.47. The topological polar surface area (TPSA) is 78.5 Å². The molecule has 1 aromatic heterocycles. The molecule has 0 spiro atoms. The molecule has 1 atom stereocenters. The summed E-state index contributed by atoms with van der Waals surface area (Å²) in [5.74, 6) is 0.546. The van der Waals surface area contributed by atoms with Crippen molar-refractivity contribution in [2.24, 2.45) is 0 Å². The Morgan fingerprint density at radius 3 is 2.61 bits per heavy atom. The molecule has 1 aliphatic carbocycles. The molecule has 2 heterocycles. The Labute approximate surface area is 181 Å². The Morgan fingerprint density at radius 1 is 1.16 bits per heavy atom. The minimum atomic E-state index is -0.263. The van der Waals surface area contributed by atoms with Crippen molar-refractivity contribution in [1.29, 1.82) is 0 Å². The second-order valence-corrected chi connectivity index (χ2v) is 8.44. The summed E-state index contributed by atoms with van der Waals surface area (Å²) in [7, 11) is 0. The predicted octanol–water partition coefficient (Wildman–Crippen LogP) is 4.98. The van der Waals surface area contributed by atoms with Gasteiger partial charge in [-0.1, -0.05) is 48.7 Å². The second-order valence-electron chi connectivity index (χ2n) is 8.44. The molecule has 1 amide bonds. The molecule has 2 aliphatic rings. The summed E-state index contributed by atoms with van der Waals surface area (Å²) in [6, 6.07) is 13.6. The number of fused-ring (bicyclic) bond motifs is 1. The van der Waals surface area contributed by atoms with E-state index in [-0.39, 0.29) is 23.7 Å². The third kappa shape index (κ3) is 3.26. The fraction of sp³-hybridized carbons (Fsp3) is 0.360. The average molecular weight is 418 g/mol. The van der Waals surface area contributed by atoms with E-state index in [0.717, 1.165) is 48.1 Å². The van der Waals surface area contributed by atoms with E-state index in [0.29, 0.717) is 18.1 Å². The van der Waals surface area contributed by atoms with E-state index >= 15 is 0 Å². The van der Waals surface area contributed by atoms with Crippen molar-refractivity contribution in [3.63, 3.8) is 0 Å².